The number of aliphatic carboxylic acids is 1. The van der Waals surface area contributed by atoms with E-state index in [4.69, 9.17) is 5.11 Å². The van der Waals surface area contributed by atoms with Crippen LogP contribution in [0.25, 0.3) is 11.2 Å². The molecule has 2 rings (SSSR count). The van der Waals surface area contributed by atoms with E-state index in [1.165, 1.54) is 17.9 Å². The van der Waals surface area contributed by atoms with Crippen LogP contribution in [0, 0.1) is 0 Å². The fourth-order valence-corrected chi connectivity index (χ4v) is 1.80. The first-order chi connectivity index (χ1) is 9.81. The highest BCUT2D eigenvalue weighted by atomic mass is 16.4. The molecule has 0 spiro atoms. The average molecular weight is 296 g/mol. The third kappa shape index (κ3) is 3.59. The van der Waals surface area contributed by atoms with E-state index in [-0.39, 0.29) is 11.2 Å². The third-order valence-electron chi connectivity index (χ3n) is 3.06. The summed E-state index contributed by atoms with van der Waals surface area (Å²) in [6.07, 6.45) is 3.60. The zero-order valence-electron chi connectivity index (χ0n) is 12.7. The van der Waals surface area contributed by atoms with Crippen LogP contribution in [0.3, 0.4) is 0 Å². The minimum absolute atomic E-state index is 0.316. The highest BCUT2D eigenvalue weighted by Gasteiger charge is 2.11. The van der Waals surface area contributed by atoms with Crippen molar-refractivity contribution in [1.82, 2.24) is 18.7 Å². The number of aromatic nitrogens is 4. The molecule has 1 N–H and O–H groups in total. The Kier molecular flexibility index (Phi) is 5.45. The number of carbonyl (C=O) groups is 1. The Hall–Kier alpha value is -2.38. The molecule has 2 aromatic heterocycles. The van der Waals surface area contributed by atoms with Gasteiger partial charge in [0.15, 0.2) is 11.2 Å². The standard InChI is InChI=1S/C8H10N4O2.C5H10O2/c1-10-4-9-6-5(10)7(13)12(3)8(14)11(6)2;1-2-3-4-5(6)7/h4H,1-3H3;2-4H2,1H3,(H,6,7). The summed E-state index contributed by atoms with van der Waals surface area (Å²) in [6, 6.07) is 0. The Bertz CT molecular complexity index is 754. The Labute approximate surface area is 121 Å². The molecule has 0 aliphatic rings. The van der Waals surface area contributed by atoms with Crippen molar-refractivity contribution in [2.24, 2.45) is 21.1 Å². The molecule has 0 unspecified atom stereocenters. The van der Waals surface area contributed by atoms with Crippen molar-refractivity contribution in [3.05, 3.63) is 27.2 Å². The van der Waals surface area contributed by atoms with Gasteiger partial charge in [-0.1, -0.05) is 13.3 Å². The summed E-state index contributed by atoms with van der Waals surface area (Å²) in [4.78, 5) is 36.9. The van der Waals surface area contributed by atoms with Crippen molar-refractivity contribution in [2.45, 2.75) is 26.2 Å². The minimum atomic E-state index is -0.693. The van der Waals surface area contributed by atoms with Crippen molar-refractivity contribution in [2.75, 3.05) is 0 Å². The number of hydrogen-bond acceptors (Lipinski definition) is 4. The van der Waals surface area contributed by atoms with Gasteiger partial charge in [0, 0.05) is 27.6 Å². The first-order valence-corrected chi connectivity index (χ1v) is 6.60. The van der Waals surface area contributed by atoms with E-state index < -0.39 is 5.97 Å². The first kappa shape index (κ1) is 16.7. The maximum absolute atomic E-state index is 11.7. The molecule has 21 heavy (non-hydrogen) atoms. The molecule has 0 bridgehead atoms. The summed E-state index contributed by atoms with van der Waals surface area (Å²) in [5, 5.41) is 8.04. The molecule has 0 fully saturated rings. The lowest BCUT2D eigenvalue weighted by Gasteiger charge is -2.02. The topological polar surface area (TPSA) is 99.1 Å². The van der Waals surface area contributed by atoms with Gasteiger partial charge in [0.25, 0.3) is 5.56 Å². The SMILES string of the molecule is CCCCC(=O)O.Cn1c(=O)c2c(ncn2C)n(C)c1=O. The van der Waals surface area contributed by atoms with Gasteiger partial charge >= 0.3 is 11.7 Å². The highest BCUT2D eigenvalue weighted by molar-refractivity contribution is 5.69. The molecule has 8 nitrogen and oxygen atoms in total. The number of unbranched alkanes of at least 4 members (excludes halogenated alkanes) is 1. The number of fused-ring (bicyclic) bond motifs is 1. The molecular formula is C13H20N4O4. The van der Waals surface area contributed by atoms with Crippen LogP contribution in [0.4, 0.5) is 0 Å². The Balaban J connectivity index is 0.000000270. The van der Waals surface area contributed by atoms with Gasteiger partial charge in [0.2, 0.25) is 0 Å². The lowest BCUT2D eigenvalue weighted by atomic mass is 10.3. The molecule has 0 atom stereocenters. The second-order valence-electron chi connectivity index (χ2n) is 4.73. The van der Waals surface area contributed by atoms with E-state index in [2.05, 4.69) is 4.98 Å². The van der Waals surface area contributed by atoms with Gasteiger partial charge in [0.05, 0.1) is 6.33 Å². The maximum Gasteiger partial charge on any atom is 0.332 e. The van der Waals surface area contributed by atoms with E-state index in [1.54, 1.807) is 18.7 Å². The Morgan fingerprint density at radius 3 is 2.33 bits per heavy atom. The summed E-state index contributed by atoms with van der Waals surface area (Å²) in [5.41, 5.74) is 0.180. The van der Waals surface area contributed by atoms with Crippen LogP contribution >= 0.6 is 0 Å². The third-order valence-corrected chi connectivity index (χ3v) is 3.06. The number of aryl methyl sites for hydroxylation is 2. The van der Waals surface area contributed by atoms with Crippen molar-refractivity contribution >= 4 is 17.1 Å². The highest BCUT2D eigenvalue weighted by Crippen LogP contribution is 2.01. The summed E-state index contributed by atoms with van der Waals surface area (Å²) in [6.45, 7) is 1.98. The molecule has 0 radical (unpaired) electrons. The maximum atomic E-state index is 11.7. The Morgan fingerprint density at radius 1 is 1.24 bits per heavy atom. The molecule has 0 amide bonds. The van der Waals surface area contributed by atoms with Crippen molar-refractivity contribution in [1.29, 1.82) is 0 Å². The zero-order chi connectivity index (χ0) is 16.2. The summed E-state index contributed by atoms with van der Waals surface area (Å²) in [5.74, 6) is -0.693. The number of carboxylic acid groups (broad SMARTS) is 1. The zero-order valence-corrected chi connectivity index (χ0v) is 12.7. The van der Waals surface area contributed by atoms with Crippen LogP contribution in [-0.4, -0.2) is 29.8 Å². The molecular weight excluding hydrogens is 276 g/mol. The second-order valence-corrected chi connectivity index (χ2v) is 4.73. The molecule has 0 saturated carbocycles. The first-order valence-electron chi connectivity index (χ1n) is 6.60. The fraction of sp³-hybridized carbons (Fsp3) is 0.538. The monoisotopic (exact) mass is 296 g/mol. The van der Waals surface area contributed by atoms with Gasteiger partial charge < -0.3 is 9.67 Å². The predicted molar refractivity (Wildman–Crippen MR) is 78.4 cm³/mol. The van der Waals surface area contributed by atoms with E-state index in [0.717, 1.165) is 17.4 Å². The van der Waals surface area contributed by atoms with Crippen LogP contribution in [0.2, 0.25) is 0 Å². The van der Waals surface area contributed by atoms with E-state index in [0.29, 0.717) is 17.6 Å². The van der Waals surface area contributed by atoms with E-state index in [9.17, 15) is 14.4 Å². The van der Waals surface area contributed by atoms with Crippen LogP contribution in [0.1, 0.15) is 26.2 Å². The van der Waals surface area contributed by atoms with E-state index in [1.807, 2.05) is 6.92 Å². The lowest BCUT2D eigenvalue weighted by molar-refractivity contribution is -0.137. The van der Waals surface area contributed by atoms with Gasteiger partial charge in [-0.2, -0.15) is 0 Å². The smallest absolute Gasteiger partial charge is 0.332 e. The van der Waals surface area contributed by atoms with Gasteiger partial charge in [-0.3, -0.25) is 18.7 Å². The van der Waals surface area contributed by atoms with Gasteiger partial charge in [-0.15, -0.1) is 0 Å². The largest absolute Gasteiger partial charge is 0.481 e. The Morgan fingerprint density at radius 2 is 1.86 bits per heavy atom. The molecule has 0 saturated heterocycles. The molecule has 0 aromatic carbocycles. The number of rotatable bonds is 3. The van der Waals surface area contributed by atoms with Crippen LogP contribution < -0.4 is 11.2 Å². The van der Waals surface area contributed by atoms with Gasteiger partial charge in [0.1, 0.15) is 0 Å². The second kappa shape index (κ2) is 6.87. The summed E-state index contributed by atoms with van der Waals surface area (Å²) < 4.78 is 4.04. The average Bonchev–Trinajstić information content (AvgIpc) is 2.83. The normalized spacial score (nSPS) is 10.3. The van der Waals surface area contributed by atoms with Gasteiger partial charge in [-0.05, 0) is 6.42 Å². The van der Waals surface area contributed by atoms with Crippen LogP contribution in [-0.2, 0) is 25.9 Å². The van der Waals surface area contributed by atoms with Crippen LogP contribution in [0.15, 0.2) is 15.9 Å². The molecule has 116 valence electrons. The molecule has 0 aliphatic heterocycles. The van der Waals surface area contributed by atoms with Crippen molar-refractivity contribution in [3.63, 3.8) is 0 Å². The molecule has 8 heteroatoms. The summed E-state index contributed by atoms with van der Waals surface area (Å²) >= 11 is 0. The van der Waals surface area contributed by atoms with Crippen molar-refractivity contribution < 1.29 is 9.90 Å². The number of nitrogens with zero attached hydrogens (tertiary/aromatic N) is 4. The molecule has 0 aliphatic carbocycles. The summed E-state index contributed by atoms with van der Waals surface area (Å²) in [7, 11) is 4.77. The number of imidazole rings is 1. The quantitative estimate of drug-likeness (QED) is 0.874. The van der Waals surface area contributed by atoms with Crippen LogP contribution in [0.5, 0.6) is 0 Å². The molecule has 2 aromatic rings. The van der Waals surface area contributed by atoms with Gasteiger partial charge in [-0.25, -0.2) is 9.78 Å². The van der Waals surface area contributed by atoms with E-state index >= 15 is 0 Å². The minimum Gasteiger partial charge on any atom is -0.481 e. The lowest BCUT2D eigenvalue weighted by Crippen LogP contribution is -2.37. The molecule has 2 heterocycles. The van der Waals surface area contributed by atoms with Crippen molar-refractivity contribution in [3.8, 4) is 0 Å². The predicted octanol–water partition coefficient (Wildman–Crippen LogP) is 0.232. The fourth-order valence-electron chi connectivity index (χ4n) is 1.80. The number of carboxylic acids is 1. The number of hydrogen-bond donors (Lipinski definition) is 1.